The van der Waals surface area contributed by atoms with Crippen LogP contribution in [0.4, 0.5) is 0 Å². The number of rotatable bonds is 4. The molecule has 30 heavy (non-hydrogen) atoms. The zero-order valence-electron chi connectivity index (χ0n) is 15.8. The number of hydrogen-bond donors (Lipinski definition) is 0. The molecule has 0 radical (unpaired) electrons. The van der Waals surface area contributed by atoms with E-state index in [9.17, 15) is 13.2 Å². The molecule has 0 spiro atoms. The number of amides is 1. The van der Waals surface area contributed by atoms with Gasteiger partial charge < -0.3 is 9.32 Å². The SMILES string of the molecule is O=C(c1occc1-c1ccccc1)N1CCN(S(=O)(=O)c2c(Cl)cccc2Cl)CC1. The van der Waals surface area contributed by atoms with Crippen LogP contribution in [0, 0.1) is 0 Å². The van der Waals surface area contributed by atoms with Crippen LogP contribution >= 0.6 is 23.2 Å². The lowest BCUT2D eigenvalue weighted by Crippen LogP contribution is -2.50. The van der Waals surface area contributed by atoms with E-state index in [1.807, 2.05) is 30.3 Å². The van der Waals surface area contributed by atoms with E-state index in [2.05, 4.69) is 0 Å². The Kier molecular flexibility index (Phi) is 5.88. The first-order valence-electron chi connectivity index (χ1n) is 9.26. The summed E-state index contributed by atoms with van der Waals surface area (Å²) in [5, 5.41) is 0.146. The molecule has 0 saturated carbocycles. The molecule has 1 aliphatic heterocycles. The highest BCUT2D eigenvalue weighted by Crippen LogP contribution is 2.32. The minimum Gasteiger partial charge on any atom is -0.459 e. The fraction of sp³-hybridized carbons (Fsp3) is 0.190. The average molecular weight is 465 g/mol. The van der Waals surface area contributed by atoms with Crippen molar-refractivity contribution >= 4 is 39.1 Å². The van der Waals surface area contributed by atoms with Crippen LogP contribution in [0.15, 0.2) is 70.2 Å². The Morgan fingerprint density at radius 1 is 0.867 bits per heavy atom. The van der Waals surface area contributed by atoms with E-state index >= 15 is 0 Å². The fourth-order valence-corrected chi connectivity index (χ4v) is 5.97. The summed E-state index contributed by atoms with van der Waals surface area (Å²) in [5.74, 6) is -0.0293. The summed E-state index contributed by atoms with van der Waals surface area (Å²) in [4.78, 5) is 14.5. The summed E-state index contributed by atoms with van der Waals surface area (Å²) in [6, 6.07) is 15.8. The lowest BCUT2D eigenvalue weighted by molar-refractivity contribution is 0.0667. The van der Waals surface area contributed by atoms with Gasteiger partial charge in [0.05, 0.1) is 16.3 Å². The monoisotopic (exact) mass is 464 g/mol. The van der Waals surface area contributed by atoms with Crippen molar-refractivity contribution in [2.24, 2.45) is 0 Å². The van der Waals surface area contributed by atoms with Crippen LogP contribution in [-0.4, -0.2) is 49.7 Å². The van der Waals surface area contributed by atoms with Gasteiger partial charge in [-0.15, -0.1) is 0 Å². The number of carbonyl (C=O) groups is 1. The molecule has 2 aromatic carbocycles. The van der Waals surface area contributed by atoms with Crippen LogP contribution in [0.25, 0.3) is 11.1 Å². The second-order valence-electron chi connectivity index (χ2n) is 6.78. The molecule has 4 rings (SSSR count). The van der Waals surface area contributed by atoms with Crippen molar-refractivity contribution in [1.82, 2.24) is 9.21 Å². The van der Waals surface area contributed by atoms with E-state index in [0.29, 0.717) is 5.56 Å². The molecule has 6 nitrogen and oxygen atoms in total. The predicted molar refractivity (Wildman–Crippen MR) is 115 cm³/mol. The number of halogens is 2. The van der Waals surface area contributed by atoms with Gasteiger partial charge in [-0.2, -0.15) is 4.31 Å². The van der Waals surface area contributed by atoms with E-state index in [1.165, 1.54) is 22.7 Å². The van der Waals surface area contributed by atoms with Gasteiger partial charge in [-0.1, -0.05) is 59.6 Å². The summed E-state index contributed by atoms with van der Waals surface area (Å²) < 4.78 is 32.8. The molecular formula is C21H18Cl2N2O4S. The minimum atomic E-state index is -3.87. The van der Waals surface area contributed by atoms with Gasteiger partial charge in [-0.05, 0) is 23.8 Å². The molecule has 0 atom stereocenters. The summed E-state index contributed by atoms with van der Waals surface area (Å²) in [5.41, 5.74) is 1.59. The average Bonchev–Trinajstić information content (AvgIpc) is 3.23. The Hall–Kier alpha value is -2.32. The van der Waals surface area contributed by atoms with Crippen LogP contribution in [0.5, 0.6) is 0 Å². The maximum Gasteiger partial charge on any atom is 0.290 e. The van der Waals surface area contributed by atoms with Gasteiger partial charge in [-0.3, -0.25) is 4.79 Å². The topological polar surface area (TPSA) is 70.8 Å². The standard InChI is InChI=1S/C21H18Cl2N2O4S/c22-17-7-4-8-18(23)20(17)30(27,28)25-12-10-24(11-13-25)21(26)19-16(9-14-29-19)15-5-2-1-3-6-15/h1-9,14H,10-13H2. The largest absolute Gasteiger partial charge is 0.459 e. The molecule has 0 N–H and O–H groups in total. The number of nitrogens with zero attached hydrogens (tertiary/aromatic N) is 2. The molecule has 1 saturated heterocycles. The van der Waals surface area contributed by atoms with Crippen molar-refractivity contribution < 1.29 is 17.6 Å². The third-order valence-electron chi connectivity index (χ3n) is 4.99. The first-order chi connectivity index (χ1) is 14.4. The summed E-state index contributed by atoms with van der Waals surface area (Å²) >= 11 is 12.2. The Labute approximate surface area is 184 Å². The van der Waals surface area contributed by atoms with Gasteiger partial charge in [0.2, 0.25) is 10.0 Å². The van der Waals surface area contributed by atoms with E-state index in [0.717, 1.165) is 5.56 Å². The van der Waals surface area contributed by atoms with Crippen LogP contribution in [0.1, 0.15) is 10.6 Å². The normalized spacial score (nSPS) is 15.3. The van der Waals surface area contributed by atoms with E-state index in [-0.39, 0.29) is 52.8 Å². The van der Waals surface area contributed by atoms with Crippen molar-refractivity contribution in [3.05, 3.63) is 76.7 Å². The van der Waals surface area contributed by atoms with Crippen LogP contribution in [0.3, 0.4) is 0 Å². The highest BCUT2D eigenvalue weighted by Gasteiger charge is 2.34. The highest BCUT2D eigenvalue weighted by atomic mass is 35.5. The number of sulfonamides is 1. The van der Waals surface area contributed by atoms with E-state index in [1.54, 1.807) is 17.0 Å². The van der Waals surface area contributed by atoms with Crippen molar-refractivity contribution in [1.29, 1.82) is 0 Å². The van der Waals surface area contributed by atoms with Gasteiger partial charge >= 0.3 is 0 Å². The van der Waals surface area contributed by atoms with Crippen molar-refractivity contribution in [3.63, 3.8) is 0 Å². The number of benzene rings is 2. The molecule has 2 heterocycles. The molecule has 1 aliphatic rings. The lowest BCUT2D eigenvalue weighted by atomic mass is 10.1. The summed E-state index contributed by atoms with van der Waals surface area (Å²) in [7, 11) is -3.87. The van der Waals surface area contributed by atoms with Crippen molar-refractivity contribution in [2.45, 2.75) is 4.90 Å². The molecule has 1 fully saturated rings. The molecule has 1 aromatic heterocycles. The first kappa shape index (κ1) is 20.9. The molecule has 156 valence electrons. The molecule has 0 bridgehead atoms. The molecule has 1 amide bonds. The van der Waals surface area contributed by atoms with Crippen LogP contribution in [0.2, 0.25) is 10.0 Å². The molecule has 3 aromatic rings. The highest BCUT2D eigenvalue weighted by molar-refractivity contribution is 7.89. The quantitative estimate of drug-likeness (QED) is 0.573. The molecule has 0 aliphatic carbocycles. The second kappa shape index (κ2) is 8.43. The fourth-order valence-electron chi connectivity index (χ4n) is 3.45. The summed E-state index contributed by atoms with van der Waals surface area (Å²) in [6.45, 7) is 0.734. The van der Waals surface area contributed by atoms with Gasteiger partial charge in [0.25, 0.3) is 5.91 Å². The predicted octanol–water partition coefficient (Wildman–Crippen LogP) is 4.40. The third-order valence-corrected chi connectivity index (χ3v) is 7.84. The molecular weight excluding hydrogens is 447 g/mol. The van der Waals surface area contributed by atoms with Gasteiger partial charge in [0, 0.05) is 31.7 Å². The maximum atomic E-state index is 13.0. The number of furan rings is 1. The van der Waals surface area contributed by atoms with E-state index < -0.39 is 10.0 Å². The smallest absolute Gasteiger partial charge is 0.290 e. The Morgan fingerprint density at radius 2 is 1.50 bits per heavy atom. The number of carbonyl (C=O) groups excluding carboxylic acids is 1. The summed E-state index contributed by atoms with van der Waals surface area (Å²) in [6.07, 6.45) is 1.48. The first-order valence-corrected chi connectivity index (χ1v) is 11.5. The maximum absolute atomic E-state index is 13.0. The lowest BCUT2D eigenvalue weighted by Gasteiger charge is -2.34. The third kappa shape index (κ3) is 3.86. The van der Waals surface area contributed by atoms with Crippen LogP contribution in [-0.2, 0) is 10.0 Å². The second-order valence-corrected chi connectivity index (χ2v) is 9.47. The molecule has 9 heteroatoms. The number of piperazine rings is 1. The minimum absolute atomic E-state index is 0.0732. The van der Waals surface area contributed by atoms with Crippen molar-refractivity contribution in [2.75, 3.05) is 26.2 Å². The molecule has 0 unspecified atom stereocenters. The Morgan fingerprint density at radius 3 is 2.13 bits per heavy atom. The van der Waals surface area contributed by atoms with Crippen LogP contribution < -0.4 is 0 Å². The number of hydrogen-bond acceptors (Lipinski definition) is 4. The van der Waals surface area contributed by atoms with Crippen molar-refractivity contribution in [3.8, 4) is 11.1 Å². The van der Waals surface area contributed by atoms with Gasteiger partial charge in [0.1, 0.15) is 4.90 Å². The van der Waals surface area contributed by atoms with E-state index in [4.69, 9.17) is 27.6 Å². The zero-order valence-corrected chi connectivity index (χ0v) is 18.1. The van der Waals surface area contributed by atoms with Gasteiger partial charge in [-0.25, -0.2) is 8.42 Å². The van der Waals surface area contributed by atoms with Gasteiger partial charge in [0.15, 0.2) is 5.76 Å². The Balaban J connectivity index is 1.51. The Bertz CT molecular complexity index is 1150. The zero-order chi connectivity index (χ0) is 21.3.